The van der Waals surface area contributed by atoms with Crippen LogP contribution in [0.15, 0.2) is 0 Å². The third-order valence-electron chi connectivity index (χ3n) is 6.12. The van der Waals surface area contributed by atoms with E-state index in [9.17, 15) is 105 Å². The van der Waals surface area contributed by atoms with Crippen LogP contribution >= 0.6 is 0 Å². The van der Waals surface area contributed by atoms with E-state index in [-0.39, 0.29) is 6.92 Å². The molecular formula is C20H19F24N. The van der Waals surface area contributed by atoms with Crippen molar-refractivity contribution in [3.63, 3.8) is 0 Å². The summed E-state index contributed by atoms with van der Waals surface area (Å²) in [7, 11) is 0. The molecule has 0 aliphatic carbocycles. The fourth-order valence-corrected chi connectivity index (χ4v) is 3.65. The van der Waals surface area contributed by atoms with Crippen LogP contribution in [-0.4, -0.2) is 83.7 Å². The zero-order valence-corrected chi connectivity index (χ0v) is 21.9. The Morgan fingerprint density at radius 2 is 0.711 bits per heavy atom. The maximum Gasteiger partial charge on any atom is 0.384 e. The van der Waals surface area contributed by atoms with Crippen molar-refractivity contribution in [1.82, 2.24) is 5.32 Å². The van der Waals surface area contributed by atoms with Gasteiger partial charge in [-0.15, -0.1) is 0 Å². The molecule has 0 spiro atoms. The topological polar surface area (TPSA) is 12.0 Å². The third kappa shape index (κ3) is 6.82. The molecule has 0 aromatic heterocycles. The standard InChI is InChI=1S/C20H19F24N/c1-7(2)45-10(3,6-12(27,28)16(35,36)20(43,44)18(39,40)14(31,32)9(23)24)4-5-11(25,26)15(33,34)19(41,42)17(37,38)13(29,30)8(21)22/h7-9,45H,4-6H2,1-3H3. The van der Waals surface area contributed by atoms with Gasteiger partial charge in [0.15, 0.2) is 0 Å². The molecule has 0 saturated carbocycles. The fourth-order valence-electron chi connectivity index (χ4n) is 3.65. The molecule has 0 amide bonds. The van der Waals surface area contributed by atoms with Crippen LogP contribution in [0.1, 0.15) is 40.0 Å². The zero-order valence-electron chi connectivity index (χ0n) is 21.9. The van der Waals surface area contributed by atoms with Crippen LogP contribution in [0.4, 0.5) is 105 Å². The minimum Gasteiger partial charge on any atom is -0.309 e. The van der Waals surface area contributed by atoms with Crippen molar-refractivity contribution >= 4 is 0 Å². The molecule has 0 bridgehead atoms. The van der Waals surface area contributed by atoms with Crippen molar-refractivity contribution in [3.05, 3.63) is 0 Å². The second-order valence-corrected chi connectivity index (χ2v) is 10.2. The molecule has 25 heteroatoms. The van der Waals surface area contributed by atoms with Crippen molar-refractivity contribution in [3.8, 4) is 0 Å². The quantitative estimate of drug-likeness (QED) is 0.147. The Morgan fingerprint density at radius 3 is 0.978 bits per heavy atom. The fraction of sp³-hybridized carbons (Fsp3) is 1.00. The van der Waals surface area contributed by atoms with Gasteiger partial charge in [0, 0.05) is 24.4 Å². The Hall–Kier alpha value is -1.72. The van der Waals surface area contributed by atoms with Crippen molar-refractivity contribution in [2.24, 2.45) is 0 Å². The Kier molecular flexibility index (Phi) is 11.6. The van der Waals surface area contributed by atoms with E-state index in [0.717, 1.165) is 13.8 Å². The van der Waals surface area contributed by atoms with E-state index in [1.165, 1.54) is 5.32 Å². The largest absolute Gasteiger partial charge is 0.384 e. The molecule has 1 N–H and O–H groups in total. The van der Waals surface area contributed by atoms with Crippen molar-refractivity contribution in [2.45, 2.75) is 124 Å². The molecule has 1 atom stereocenters. The maximum absolute atomic E-state index is 14.4. The van der Waals surface area contributed by atoms with Crippen LogP contribution in [0, 0.1) is 0 Å². The Morgan fingerprint density at radius 1 is 0.422 bits per heavy atom. The zero-order chi connectivity index (χ0) is 37.1. The van der Waals surface area contributed by atoms with E-state index in [0.29, 0.717) is 0 Å². The predicted octanol–water partition coefficient (Wildman–Crippen LogP) is 9.80. The number of hydrogen-bond acceptors (Lipinski definition) is 1. The van der Waals surface area contributed by atoms with Gasteiger partial charge in [0.1, 0.15) is 0 Å². The molecule has 0 fully saturated rings. The number of hydrogen-bond donors (Lipinski definition) is 1. The van der Waals surface area contributed by atoms with Gasteiger partial charge in [0.25, 0.3) is 0 Å². The van der Waals surface area contributed by atoms with Gasteiger partial charge in [-0.2, -0.15) is 87.8 Å². The minimum absolute atomic E-state index is 0.104. The van der Waals surface area contributed by atoms with Crippen molar-refractivity contribution in [2.75, 3.05) is 0 Å². The first-order valence-electron chi connectivity index (χ1n) is 11.3. The maximum atomic E-state index is 14.4. The van der Waals surface area contributed by atoms with Crippen LogP contribution in [0.25, 0.3) is 0 Å². The molecule has 45 heavy (non-hydrogen) atoms. The summed E-state index contributed by atoms with van der Waals surface area (Å²) in [6.45, 7) is 1.38. The molecule has 272 valence electrons. The van der Waals surface area contributed by atoms with Crippen LogP contribution in [-0.2, 0) is 0 Å². The van der Waals surface area contributed by atoms with E-state index >= 15 is 0 Å². The van der Waals surface area contributed by atoms with E-state index < -0.39 is 103 Å². The van der Waals surface area contributed by atoms with Gasteiger partial charge >= 0.3 is 72.1 Å². The molecule has 0 heterocycles. The molecule has 1 unspecified atom stereocenters. The number of nitrogens with one attached hydrogen (secondary N) is 1. The Balaban J connectivity index is 6.75. The molecule has 0 aromatic rings. The van der Waals surface area contributed by atoms with Gasteiger partial charge in [-0.25, -0.2) is 17.6 Å². The first-order chi connectivity index (χ1) is 19.2. The second kappa shape index (κ2) is 12.1. The summed E-state index contributed by atoms with van der Waals surface area (Å²) in [6, 6.07) is -1.57. The molecule has 0 radical (unpaired) electrons. The smallest absolute Gasteiger partial charge is 0.309 e. The average Bonchev–Trinajstić information content (AvgIpc) is 2.80. The molecule has 0 aliphatic heterocycles. The Bertz CT molecular complexity index is 1000. The molecular weight excluding hydrogens is 710 g/mol. The van der Waals surface area contributed by atoms with Crippen LogP contribution in [0.2, 0.25) is 0 Å². The lowest BCUT2D eigenvalue weighted by Crippen LogP contribution is -2.70. The third-order valence-corrected chi connectivity index (χ3v) is 6.12. The summed E-state index contributed by atoms with van der Waals surface area (Å²) in [5.74, 6) is -76.5. The monoisotopic (exact) mass is 729 g/mol. The molecule has 1 nitrogen and oxygen atoms in total. The predicted molar refractivity (Wildman–Crippen MR) is 102 cm³/mol. The summed E-state index contributed by atoms with van der Waals surface area (Å²) in [4.78, 5) is 0. The lowest BCUT2D eigenvalue weighted by Gasteiger charge is -2.43. The van der Waals surface area contributed by atoms with Crippen molar-refractivity contribution < 1.29 is 105 Å². The molecule has 0 rings (SSSR count). The summed E-state index contributed by atoms with van der Waals surface area (Å²) < 4.78 is 322. The highest BCUT2D eigenvalue weighted by atomic mass is 19.4. The van der Waals surface area contributed by atoms with Gasteiger partial charge in [-0.1, -0.05) is 13.8 Å². The summed E-state index contributed by atoms with van der Waals surface area (Å²) in [6.07, 6.45) is -20.8. The lowest BCUT2D eigenvalue weighted by molar-refractivity contribution is -0.415. The van der Waals surface area contributed by atoms with Crippen LogP contribution < -0.4 is 5.32 Å². The number of halogens is 24. The Labute approximate surface area is 235 Å². The molecule has 0 saturated heterocycles. The summed E-state index contributed by atoms with van der Waals surface area (Å²) >= 11 is 0. The highest BCUT2D eigenvalue weighted by Crippen LogP contribution is 2.61. The SMILES string of the molecule is CC(C)NC(C)(CCC(F)(F)C(F)(F)C(F)(F)C(F)(F)C(F)(F)C(F)F)CC(F)(F)C(F)(F)C(F)(F)C(F)(F)C(F)(F)C(F)F. The average molecular weight is 729 g/mol. The van der Waals surface area contributed by atoms with Crippen LogP contribution in [0.5, 0.6) is 0 Å². The first kappa shape index (κ1) is 43.3. The van der Waals surface area contributed by atoms with E-state index in [2.05, 4.69) is 0 Å². The summed E-state index contributed by atoms with van der Waals surface area (Å²) in [5.41, 5.74) is -3.62. The number of alkyl halides is 24. The number of rotatable bonds is 17. The van der Waals surface area contributed by atoms with Crippen molar-refractivity contribution in [1.29, 1.82) is 0 Å². The minimum atomic E-state index is -8.12. The van der Waals surface area contributed by atoms with Gasteiger partial charge in [-0.3, -0.25) is 0 Å². The molecule has 0 aliphatic rings. The molecule has 0 aromatic carbocycles. The van der Waals surface area contributed by atoms with Gasteiger partial charge < -0.3 is 5.32 Å². The van der Waals surface area contributed by atoms with E-state index in [4.69, 9.17) is 0 Å². The highest BCUT2D eigenvalue weighted by Gasteiger charge is 2.89. The summed E-state index contributed by atoms with van der Waals surface area (Å²) in [5, 5.41) is 1.51. The van der Waals surface area contributed by atoms with Gasteiger partial charge in [0.2, 0.25) is 0 Å². The second-order valence-electron chi connectivity index (χ2n) is 10.2. The normalized spacial score (nSPS) is 17.5. The highest BCUT2D eigenvalue weighted by molar-refractivity contribution is 5.12. The van der Waals surface area contributed by atoms with Gasteiger partial charge in [0.05, 0.1) is 0 Å². The van der Waals surface area contributed by atoms with Gasteiger partial charge in [-0.05, 0) is 13.3 Å². The lowest BCUT2D eigenvalue weighted by atomic mass is 9.81. The first-order valence-corrected chi connectivity index (χ1v) is 11.3. The van der Waals surface area contributed by atoms with E-state index in [1.807, 2.05) is 0 Å². The van der Waals surface area contributed by atoms with E-state index in [1.54, 1.807) is 0 Å². The van der Waals surface area contributed by atoms with Crippen LogP contribution in [0.3, 0.4) is 0 Å².